The lowest BCUT2D eigenvalue weighted by atomic mass is 10.2. The molecule has 0 radical (unpaired) electrons. The van der Waals surface area contributed by atoms with E-state index >= 15 is 0 Å². The highest BCUT2D eigenvalue weighted by Crippen LogP contribution is 1.95. The third-order valence-corrected chi connectivity index (χ3v) is 9.29. The summed E-state index contributed by atoms with van der Waals surface area (Å²) in [5, 5.41) is 13.3. The molecule has 0 aromatic rings. The van der Waals surface area contributed by atoms with E-state index in [0.29, 0.717) is 110 Å². The number of carbonyl (C=O) groups excluding carboxylic acids is 5. The van der Waals surface area contributed by atoms with E-state index < -0.39 is 6.04 Å². The van der Waals surface area contributed by atoms with Crippen molar-refractivity contribution in [2.24, 2.45) is 11.5 Å². The Labute approximate surface area is 455 Å². The second-order valence-electron chi connectivity index (χ2n) is 13.0. The number of thiol groups is 7. The minimum atomic E-state index is -0.503. The van der Waals surface area contributed by atoms with Crippen LogP contribution in [0.25, 0.3) is 0 Å². The van der Waals surface area contributed by atoms with Crippen molar-refractivity contribution in [2.45, 2.75) is 84.1 Å². The van der Waals surface area contributed by atoms with Crippen LogP contribution >= 0.6 is 113 Å². The summed E-state index contributed by atoms with van der Waals surface area (Å²) in [5.74, 6) is 5.11. The summed E-state index contributed by atoms with van der Waals surface area (Å²) in [6, 6.07) is -0.503. The molecule has 0 aliphatic rings. The normalized spacial score (nSPS) is 10.2. The van der Waals surface area contributed by atoms with Crippen LogP contribution in [0.3, 0.4) is 0 Å². The first-order chi connectivity index (χ1) is 31.5. The molecule has 0 aliphatic carbocycles. The summed E-state index contributed by atoms with van der Waals surface area (Å²) in [4.78, 5) is 55.4. The smallest absolute Gasteiger partial charge is 0.242 e. The molecule has 0 bridgehead atoms. The Morgan fingerprint density at radius 2 is 0.776 bits per heavy atom. The minimum absolute atomic E-state index is 0. The van der Waals surface area contributed by atoms with E-state index in [1.165, 1.54) is 6.92 Å². The van der Waals surface area contributed by atoms with Gasteiger partial charge in [-0.3, -0.25) is 24.0 Å². The Morgan fingerprint density at radius 1 is 0.448 bits per heavy atom. The molecule has 1 atom stereocenters. The van der Waals surface area contributed by atoms with Gasteiger partial charge in [0.1, 0.15) is 6.04 Å². The number of nitrogens with two attached hydrogens (primary N) is 2. The molecule has 406 valence electrons. The van der Waals surface area contributed by atoms with Gasteiger partial charge in [-0.1, -0.05) is 0 Å². The lowest BCUT2D eigenvalue weighted by Crippen LogP contribution is -2.47. The Balaban J connectivity index is -0.000000136. The van der Waals surface area contributed by atoms with Gasteiger partial charge in [-0.15, -0.1) is 24.8 Å². The van der Waals surface area contributed by atoms with Gasteiger partial charge in [0.2, 0.25) is 29.5 Å². The number of carbonyl (C=O) groups is 5. The summed E-state index contributed by atoms with van der Waals surface area (Å²) in [6.45, 7) is 13.1. The highest BCUT2D eigenvalue weighted by Gasteiger charge is 2.17. The fourth-order valence-corrected chi connectivity index (χ4v) is 5.09. The van der Waals surface area contributed by atoms with E-state index in [-0.39, 0.29) is 54.3 Å². The van der Waals surface area contributed by atoms with Crippen LogP contribution in [0.15, 0.2) is 0 Å². The zero-order valence-corrected chi connectivity index (χ0v) is 48.0. The quantitative estimate of drug-likeness (QED) is 0.0314. The number of amides is 5. The summed E-state index contributed by atoms with van der Waals surface area (Å²) in [5.41, 5.74) is 10.4. The first-order valence-corrected chi connectivity index (χ1v) is 26.8. The molecule has 0 spiro atoms. The van der Waals surface area contributed by atoms with Crippen LogP contribution in [-0.4, -0.2) is 181 Å². The topological polar surface area (TPSA) is 244 Å². The van der Waals surface area contributed by atoms with Gasteiger partial charge in [-0.25, -0.2) is 0 Å². The lowest BCUT2D eigenvalue weighted by molar-refractivity contribution is -0.128. The number of hydrogen-bond donors (Lipinski definition) is 14. The van der Waals surface area contributed by atoms with Crippen LogP contribution in [0.4, 0.5) is 0 Å². The van der Waals surface area contributed by atoms with Crippen LogP contribution in [0.2, 0.25) is 0 Å². The molecular weight excluding hydrogens is 1050 g/mol. The van der Waals surface area contributed by atoms with Gasteiger partial charge < -0.3 is 61.7 Å². The van der Waals surface area contributed by atoms with Crippen LogP contribution < -0.4 is 38.1 Å². The van der Waals surface area contributed by atoms with Crippen molar-refractivity contribution in [3.05, 3.63) is 0 Å². The van der Waals surface area contributed by atoms with Crippen LogP contribution in [-0.2, 0) is 47.7 Å². The molecule has 0 rings (SSSR count). The predicted octanol–water partition coefficient (Wildman–Crippen LogP) is 3.18. The molecule has 17 nitrogen and oxygen atoms in total. The number of halogens is 2. The van der Waals surface area contributed by atoms with Crippen molar-refractivity contribution in [3.8, 4) is 0 Å². The van der Waals surface area contributed by atoms with Gasteiger partial charge in [-0.2, -0.15) is 88.4 Å². The number of rotatable bonds is 39. The molecule has 0 aromatic heterocycles. The predicted molar refractivity (Wildman–Crippen MR) is 305 cm³/mol. The third kappa shape index (κ3) is 83.3. The Morgan fingerprint density at radius 3 is 1.09 bits per heavy atom. The minimum Gasteiger partial charge on any atom is -0.379 e. The van der Waals surface area contributed by atoms with Crippen molar-refractivity contribution in [1.29, 1.82) is 0 Å². The summed E-state index contributed by atoms with van der Waals surface area (Å²) >= 11 is 28.3. The second kappa shape index (κ2) is 75.0. The molecule has 0 fully saturated rings. The first kappa shape index (κ1) is 81.2. The SMILES string of the molecule is CC(=O)NC(CCS)C(=O)NCCN.CCOCCOCCCS.Cl.Cl.NCCNC(=O)CCCS.O=C(CCCS)NCCOCCNC(=O)CCCS.SCCCOCCOCCCS. The third-order valence-electron chi connectivity index (χ3n) is 7.13. The van der Waals surface area contributed by atoms with Gasteiger partial charge in [-0.05, 0) is 92.1 Å². The van der Waals surface area contributed by atoms with Crippen molar-refractivity contribution < 1.29 is 47.7 Å². The van der Waals surface area contributed by atoms with E-state index in [9.17, 15) is 24.0 Å². The molecule has 0 saturated carbocycles. The van der Waals surface area contributed by atoms with Crippen molar-refractivity contribution >= 4 is 143 Å². The van der Waals surface area contributed by atoms with Crippen molar-refractivity contribution in [2.75, 3.05) is 146 Å². The summed E-state index contributed by atoms with van der Waals surface area (Å²) in [6.07, 6.45) is 7.54. The van der Waals surface area contributed by atoms with Gasteiger partial charge in [0.05, 0.1) is 39.6 Å². The average Bonchev–Trinajstić information content (AvgIpc) is 3.30. The fraction of sp³-hybridized carbons (Fsp3) is 0.878. The average molecular weight is 1140 g/mol. The standard InChI is InChI=1S/C12H24N2O3S2.C8H17N3O2S.C8H18O2S2.C7H16O2S.C6H14N2OS.2ClH/c15-11(3-1-9-18)13-5-7-17-8-6-14-12(16)4-2-10-19;1-6(12)11-7(2-5-14)8(13)10-4-3-9;11-7-1-3-9-5-6-10-4-2-8-12;1-2-8-5-6-9-4-3-7-10;7-3-4-8-6(9)2-1-5-10;;/h18-19H,1-10H2,(H,13,15)(H,14,16);7,14H,2-5,9H2,1H3,(H,10,13)(H,11,12);11-12H,1-8H2;10H,2-7H2,1H3;10H,1-5,7H2,(H,8,9);2*1H. The molecule has 1 unspecified atom stereocenters. The maximum absolute atomic E-state index is 11.4. The van der Waals surface area contributed by atoms with Crippen molar-refractivity contribution in [3.63, 3.8) is 0 Å². The van der Waals surface area contributed by atoms with Crippen molar-refractivity contribution in [1.82, 2.24) is 26.6 Å². The Bertz CT molecular complexity index is 990. The van der Waals surface area contributed by atoms with Gasteiger partial charge in [0.15, 0.2) is 0 Å². The molecule has 5 amide bonds. The molecule has 9 N–H and O–H groups in total. The Kier molecular flexibility index (Phi) is 90.9. The molecule has 0 aromatic carbocycles. The molecule has 0 aliphatic heterocycles. The maximum Gasteiger partial charge on any atom is 0.242 e. The highest BCUT2D eigenvalue weighted by molar-refractivity contribution is 7.81. The van der Waals surface area contributed by atoms with Crippen LogP contribution in [0.5, 0.6) is 0 Å². The molecule has 67 heavy (non-hydrogen) atoms. The summed E-state index contributed by atoms with van der Waals surface area (Å²) in [7, 11) is 0. The zero-order valence-electron chi connectivity index (χ0n) is 40.1. The lowest BCUT2D eigenvalue weighted by Gasteiger charge is -2.16. The number of nitrogens with one attached hydrogen (secondary N) is 5. The fourth-order valence-electron chi connectivity index (χ4n) is 3.97. The monoisotopic (exact) mass is 1140 g/mol. The van der Waals surface area contributed by atoms with E-state index in [1.807, 2.05) is 6.92 Å². The van der Waals surface area contributed by atoms with Crippen LogP contribution in [0, 0.1) is 0 Å². The molecule has 26 heteroatoms. The molecular formula is C41H91Cl2N7O10S7. The first-order valence-electron chi connectivity index (χ1n) is 22.4. The van der Waals surface area contributed by atoms with E-state index in [1.54, 1.807) is 0 Å². The van der Waals surface area contributed by atoms with E-state index in [0.717, 1.165) is 99.5 Å². The Hall–Kier alpha value is 0.1000. The molecule has 0 saturated heterocycles. The highest BCUT2D eigenvalue weighted by atomic mass is 35.5. The largest absolute Gasteiger partial charge is 0.379 e. The number of hydrogen-bond acceptors (Lipinski definition) is 19. The summed E-state index contributed by atoms with van der Waals surface area (Å²) < 4.78 is 26.1. The maximum atomic E-state index is 11.4. The van der Waals surface area contributed by atoms with E-state index in [2.05, 4.69) is 115 Å². The zero-order chi connectivity index (χ0) is 49.9. The van der Waals surface area contributed by atoms with Crippen LogP contribution in [0.1, 0.15) is 78.1 Å². The van der Waals surface area contributed by atoms with Gasteiger partial charge >= 0.3 is 0 Å². The van der Waals surface area contributed by atoms with E-state index in [4.69, 9.17) is 35.2 Å². The number of ether oxygens (including phenoxy) is 5. The molecule has 0 heterocycles. The second-order valence-corrected chi connectivity index (χ2v) is 16.2. The van der Waals surface area contributed by atoms with Gasteiger partial charge in [0.25, 0.3) is 0 Å². The van der Waals surface area contributed by atoms with Gasteiger partial charge in [0, 0.05) is 91.9 Å².